The first kappa shape index (κ1) is 14.5. The minimum absolute atomic E-state index is 0.567. The maximum absolute atomic E-state index is 5.68. The van der Waals surface area contributed by atoms with Crippen molar-refractivity contribution in [2.75, 3.05) is 32.1 Å². The van der Waals surface area contributed by atoms with Crippen molar-refractivity contribution in [1.82, 2.24) is 5.32 Å². The normalized spacial score (nSPS) is 14.9. The molecule has 1 aliphatic rings. The van der Waals surface area contributed by atoms with E-state index in [1.54, 1.807) is 7.05 Å². The summed E-state index contributed by atoms with van der Waals surface area (Å²) >= 11 is 0. The van der Waals surface area contributed by atoms with Crippen molar-refractivity contribution in [2.45, 2.75) is 20.3 Å². The maximum atomic E-state index is 5.68. The fourth-order valence-electron chi connectivity index (χ4n) is 1.86. The summed E-state index contributed by atoms with van der Waals surface area (Å²) in [6.45, 7) is 6.60. The summed E-state index contributed by atoms with van der Waals surface area (Å²) in [5.41, 5.74) is 0.936. The second-order valence-corrected chi connectivity index (χ2v) is 5.18. The van der Waals surface area contributed by atoms with Crippen LogP contribution in [0.25, 0.3) is 0 Å². The van der Waals surface area contributed by atoms with E-state index in [-0.39, 0.29) is 0 Å². The molecule has 0 bridgehead atoms. The standard InChI is InChI=1S/C15H23N3O2/c1-11(2)10-17-15(16-3)18-12-5-6-13-14(9-12)20-8-4-7-19-13/h5-6,9,11H,4,7-8,10H2,1-3H3,(H2,16,17,18). The molecule has 0 saturated heterocycles. The molecule has 1 aliphatic heterocycles. The van der Waals surface area contributed by atoms with E-state index in [0.717, 1.165) is 36.1 Å². The third-order valence-corrected chi connectivity index (χ3v) is 2.91. The topological polar surface area (TPSA) is 54.9 Å². The number of hydrogen-bond donors (Lipinski definition) is 2. The Labute approximate surface area is 120 Å². The smallest absolute Gasteiger partial charge is 0.195 e. The van der Waals surface area contributed by atoms with Gasteiger partial charge in [-0.3, -0.25) is 4.99 Å². The highest BCUT2D eigenvalue weighted by atomic mass is 16.5. The molecule has 0 aromatic heterocycles. The lowest BCUT2D eigenvalue weighted by Crippen LogP contribution is -2.33. The summed E-state index contributed by atoms with van der Waals surface area (Å²) in [7, 11) is 1.76. The van der Waals surface area contributed by atoms with E-state index in [9.17, 15) is 0 Å². The van der Waals surface area contributed by atoms with Crippen LogP contribution in [-0.4, -0.2) is 32.8 Å². The van der Waals surface area contributed by atoms with Gasteiger partial charge in [-0.05, 0) is 18.1 Å². The lowest BCUT2D eigenvalue weighted by Gasteiger charge is -2.15. The van der Waals surface area contributed by atoms with E-state index in [4.69, 9.17) is 9.47 Å². The van der Waals surface area contributed by atoms with E-state index >= 15 is 0 Å². The lowest BCUT2D eigenvalue weighted by molar-refractivity contribution is 0.297. The van der Waals surface area contributed by atoms with Crippen molar-refractivity contribution in [3.8, 4) is 11.5 Å². The van der Waals surface area contributed by atoms with Crippen LogP contribution in [0.5, 0.6) is 11.5 Å². The quantitative estimate of drug-likeness (QED) is 0.658. The zero-order chi connectivity index (χ0) is 14.4. The molecule has 0 fully saturated rings. The fourth-order valence-corrected chi connectivity index (χ4v) is 1.86. The molecule has 1 heterocycles. The number of nitrogens with zero attached hydrogens (tertiary/aromatic N) is 1. The molecule has 0 unspecified atom stereocenters. The van der Waals surface area contributed by atoms with Crippen LogP contribution in [0.1, 0.15) is 20.3 Å². The maximum Gasteiger partial charge on any atom is 0.195 e. The number of fused-ring (bicyclic) bond motifs is 1. The summed E-state index contributed by atoms with van der Waals surface area (Å²) in [6.07, 6.45) is 0.912. The first-order chi connectivity index (χ1) is 9.69. The average Bonchev–Trinajstić information content (AvgIpc) is 2.67. The molecule has 0 radical (unpaired) electrons. The van der Waals surface area contributed by atoms with Gasteiger partial charge < -0.3 is 20.1 Å². The van der Waals surface area contributed by atoms with Gasteiger partial charge in [-0.15, -0.1) is 0 Å². The van der Waals surface area contributed by atoms with Gasteiger partial charge >= 0.3 is 0 Å². The first-order valence-electron chi connectivity index (χ1n) is 7.06. The van der Waals surface area contributed by atoms with Crippen LogP contribution in [0, 0.1) is 5.92 Å². The van der Waals surface area contributed by atoms with Crippen LogP contribution in [0.2, 0.25) is 0 Å². The minimum atomic E-state index is 0.567. The highest BCUT2D eigenvalue weighted by molar-refractivity contribution is 5.93. The SMILES string of the molecule is CN=C(NCC(C)C)Nc1ccc2c(c1)OCCCO2. The van der Waals surface area contributed by atoms with Crippen LogP contribution >= 0.6 is 0 Å². The van der Waals surface area contributed by atoms with Gasteiger partial charge in [0.2, 0.25) is 0 Å². The third-order valence-electron chi connectivity index (χ3n) is 2.91. The molecule has 2 rings (SSSR count). The number of nitrogens with one attached hydrogen (secondary N) is 2. The second-order valence-electron chi connectivity index (χ2n) is 5.18. The van der Waals surface area contributed by atoms with Gasteiger partial charge in [0.15, 0.2) is 17.5 Å². The number of guanidine groups is 1. The lowest BCUT2D eigenvalue weighted by atomic mass is 10.2. The fraction of sp³-hybridized carbons (Fsp3) is 0.533. The summed E-state index contributed by atoms with van der Waals surface area (Å²) in [6, 6.07) is 5.84. The molecule has 1 aromatic carbocycles. The predicted molar refractivity (Wildman–Crippen MR) is 81.9 cm³/mol. The van der Waals surface area contributed by atoms with Gasteiger partial charge in [0, 0.05) is 31.8 Å². The Balaban J connectivity index is 2.03. The first-order valence-corrected chi connectivity index (χ1v) is 7.06. The van der Waals surface area contributed by atoms with Crippen molar-refractivity contribution in [1.29, 1.82) is 0 Å². The summed E-state index contributed by atoms with van der Waals surface area (Å²) in [4.78, 5) is 4.21. The molecule has 110 valence electrons. The van der Waals surface area contributed by atoms with Gasteiger partial charge in [-0.2, -0.15) is 0 Å². The summed E-state index contributed by atoms with van der Waals surface area (Å²) < 4.78 is 11.3. The van der Waals surface area contributed by atoms with Crippen LogP contribution in [0.4, 0.5) is 5.69 Å². The van der Waals surface area contributed by atoms with Crippen LogP contribution in [0.3, 0.4) is 0 Å². The van der Waals surface area contributed by atoms with Crippen molar-refractivity contribution >= 4 is 11.6 Å². The van der Waals surface area contributed by atoms with Gasteiger partial charge in [-0.1, -0.05) is 13.8 Å². The Bertz CT molecular complexity index is 472. The zero-order valence-corrected chi connectivity index (χ0v) is 12.4. The zero-order valence-electron chi connectivity index (χ0n) is 12.4. The van der Waals surface area contributed by atoms with Gasteiger partial charge in [0.25, 0.3) is 0 Å². The summed E-state index contributed by atoms with van der Waals surface area (Å²) in [5.74, 6) is 2.91. The summed E-state index contributed by atoms with van der Waals surface area (Å²) in [5, 5.41) is 6.53. The molecule has 5 heteroatoms. The molecule has 5 nitrogen and oxygen atoms in total. The molecule has 2 N–H and O–H groups in total. The molecule has 0 saturated carbocycles. The number of ether oxygens (including phenoxy) is 2. The van der Waals surface area contributed by atoms with E-state index < -0.39 is 0 Å². The number of anilines is 1. The molecular weight excluding hydrogens is 254 g/mol. The Morgan fingerprint density at radius 1 is 1.25 bits per heavy atom. The van der Waals surface area contributed by atoms with Crippen molar-refractivity contribution in [3.63, 3.8) is 0 Å². The van der Waals surface area contributed by atoms with Crippen molar-refractivity contribution < 1.29 is 9.47 Å². The predicted octanol–water partition coefficient (Wildman–Crippen LogP) is 2.49. The molecular formula is C15H23N3O2. The number of aliphatic imine (C=N–C) groups is 1. The highest BCUT2D eigenvalue weighted by Crippen LogP contribution is 2.32. The van der Waals surface area contributed by atoms with Crippen LogP contribution < -0.4 is 20.1 Å². The Morgan fingerprint density at radius 3 is 2.70 bits per heavy atom. The molecule has 0 aliphatic carbocycles. The number of benzene rings is 1. The molecule has 0 spiro atoms. The molecule has 0 amide bonds. The Morgan fingerprint density at radius 2 is 2.00 bits per heavy atom. The number of rotatable bonds is 3. The van der Waals surface area contributed by atoms with E-state index in [2.05, 4.69) is 29.5 Å². The van der Waals surface area contributed by atoms with Gasteiger partial charge in [0.05, 0.1) is 13.2 Å². The number of hydrogen-bond acceptors (Lipinski definition) is 3. The monoisotopic (exact) mass is 277 g/mol. The van der Waals surface area contributed by atoms with Crippen LogP contribution in [-0.2, 0) is 0 Å². The van der Waals surface area contributed by atoms with Gasteiger partial charge in [0.1, 0.15) is 0 Å². The minimum Gasteiger partial charge on any atom is -0.490 e. The van der Waals surface area contributed by atoms with E-state index in [1.165, 1.54) is 0 Å². The molecule has 1 aromatic rings. The largest absolute Gasteiger partial charge is 0.490 e. The van der Waals surface area contributed by atoms with Crippen molar-refractivity contribution in [3.05, 3.63) is 18.2 Å². The average molecular weight is 277 g/mol. The Kier molecular flexibility index (Phi) is 5.09. The third kappa shape index (κ3) is 4.05. The Hall–Kier alpha value is -1.91. The van der Waals surface area contributed by atoms with E-state index in [1.807, 2.05) is 18.2 Å². The van der Waals surface area contributed by atoms with Crippen molar-refractivity contribution in [2.24, 2.45) is 10.9 Å². The van der Waals surface area contributed by atoms with Gasteiger partial charge in [-0.25, -0.2) is 0 Å². The van der Waals surface area contributed by atoms with E-state index in [0.29, 0.717) is 19.1 Å². The van der Waals surface area contributed by atoms with Crippen LogP contribution in [0.15, 0.2) is 23.2 Å². The molecule has 20 heavy (non-hydrogen) atoms. The highest BCUT2D eigenvalue weighted by Gasteiger charge is 2.11. The second kappa shape index (κ2) is 7.03. The molecule has 0 atom stereocenters.